The van der Waals surface area contributed by atoms with Crippen LogP contribution in [0.15, 0.2) is 39.9 Å². The van der Waals surface area contributed by atoms with Gasteiger partial charge < -0.3 is 10.1 Å². The van der Waals surface area contributed by atoms with Gasteiger partial charge in [-0.2, -0.15) is 4.31 Å². The van der Waals surface area contributed by atoms with Crippen LogP contribution in [0, 0.1) is 12.8 Å². The Morgan fingerprint density at radius 1 is 1.39 bits per heavy atom. The highest BCUT2D eigenvalue weighted by Crippen LogP contribution is 2.26. The van der Waals surface area contributed by atoms with Gasteiger partial charge in [0.2, 0.25) is 5.91 Å². The summed E-state index contributed by atoms with van der Waals surface area (Å²) in [6.07, 6.45) is 1.35. The number of ether oxygens (including phenoxy) is 1. The van der Waals surface area contributed by atoms with Gasteiger partial charge in [0, 0.05) is 18.1 Å². The summed E-state index contributed by atoms with van der Waals surface area (Å²) in [5.74, 6) is 0.157. The largest absolute Gasteiger partial charge is 0.492 e. The molecule has 0 bridgehead atoms. The van der Waals surface area contributed by atoms with Gasteiger partial charge in [0.05, 0.1) is 12.5 Å². The van der Waals surface area contributed by atoms with Crippen LogP contribution < -0.4 is 10.1 Å². The van der Waals surface area contributed by atoms with Gasteiger partial charge in [-0.1, -0.05) is 23.7 Å². The van der Waals surface area contributed by atoms with Crippen molar-refractivity contribution in [2.45, 2.75) is 24.0 Å². The monoisotopic (exact) mass is 442 g/mol. The molecule has 1 atom stereocenters. The van der Waals surface area contributed by atoms with Crippen LogP contribution in [-0.2, 0) is 14.8 Å². The summed E-state index contributed by atoms with van der Waals surface area (Å²) >= 11 is 7.26. The number of nitrogens with zero attached hydrogens (tertiary/aromatic N) is 1. The van der Waals surface area contributed by atoms with Crippen LogP contribution in [0.1, 0.15) is 18.4 Å². The molecule has 1 aromatic heterocycles. The lowest BCUT2D eigenvalue weighted by Crippen LogP contribution is -2.45. The van der Waals surface area contributed by atoms with Gasteiger partial charge in [-0.15, -0.1) is 11.3 Å². The lowest BCUT2D eigenvalue weighted by Gasteiger charge is -2.30. The first-order valence-electron chi connectivity index (χ1n) is 9.08. The Balaban J connectivity index is 1.48. The fourth-order valence-electron chi connectivity index (χ4n) is 3.06. The first kappa shape index (κ1) is 21.1. The molecule has 1 aliphatic rings. The van der Waals surface area contributed by atoms with E-state index in [-0.39, 0.29) is 18.4 Å². The fraction of sp³-hybridized carbons (Fsp3) is 0.421. The van der Waals surface area contributed by atoms with E-state index < -0.39 is 10.0 Å². The number of aryl methyl sites for hydroxylation is 1. The molecule has 2 heterocycles. The van der Waals surface area contributed by atoms with E-state index in [4.69, 9.17) is 16.3 Å². The molecule has 9 heteroatoms. The molecule has 0 spiro atoms. The molecule has 6 nitrogen and oxygen atoms in total. The van der Waals surface area contributed by atoms with Crippen LogP contribution in [0.4, 0.5) is 0 Å². The molecule has 28 heavy (non-hydrogen) atoms. The highest BCUT2D eigenvalue weighted by molar-refractivity contribution is 7.91. The van der Waals surface area contributed by atoms with Crippen molar-refractivity contribution < 1.29 is 17.9 Å². The maximum atomic E-state index is 12.7. The van der Waals surface area contributed by atoms with E-state index in [1.807, 2.05) is 19.1 Å². The first-order valence-corrected chi connectivity index (χ1v) is 11.8. The van der Waals surface area contributed by atoms with E-state index in [2.05, 4.69) is 5.32 Å². The van der Waals surface area contributed by atoms with Crippen molar-refractivity contribution in [2.75, 3.05) is 26.2 Å². The second kappa shape index (κ2) is 9.26. The van der Waals surface area contributed by atoms with Gasteiger partial charge in [0.25, 0.3) is 10.0 Å². The summed E-state index contributed by atoms with van der Waals surface area (Å²) in [5.41, 5.74) is 0.974. The van der Waals surface area contributed by atoms with Crippen LogP contribution >= 0.6 is 22.9 Å². The number of benzene rings is 1. The number of carbonyl (C=O) groups excluding carboxylic acids is 1. The number of thiophene rings is 1. The standard InChI is InChI=1S/C19H23ClN2O4S2/c1-14-6-7-16(12-17(14)20)26-10-8-21-19(23)15-4-2-9-22(13-15)28(24,25)18-5-3-11-27-18/h3,5-7,11-12,15H,2,4,8-10,13H2,1H3,(H,21,23)/t15-/m1/s1. The predicted molar refractivity (Wildman–Crippen MR) is 110 cm³/mol. The molecule has 1 amide bonds. The third kappa shape index (κ3) is 5.05. The van der Waals surface area contributed by atoms with Crippen LogP contribution in [0.25, 0.3) is 0 Å². The molecule has 3 rings (SSSR count). The lowest BCUT2D eigenvalue weighted by molar-refractivity contribution is -0.126. The number of rotatable bonds is 7. The van der Waals surface area contributed by atoms with Crippen molar-refractivity contribution in [3.8, 4) is 5.75 Å². The molecular formula is C19H23ClN2O4S2. The van der Waals surface area contributed by atoms with E-state index in [1.165, 1.54) is 15.6 Å². The Bertz CT molecular complexity index is 916. The normalized spacial score (nSPS) is 18.0. The first-order chi connectivity index (χ1) is 13.4. The highest BCUT2D eigenvalue weighted by atomic mass is 35.5. The van der Waals surface area contributed by atoms with Crippen LogP contribution in [0.3, 0.4) is 0 Å². The molecular weight excluding hydrogens is 420 g/mol. The van der Waals surface area contributed by atoms with Crippen molar-refractivity contribution >= 4 is 38.9 Å². The van der Waals surface area contributed by atoms with Gasteiger partial charge in [0.1, 0.15) is 16.6 Å². The van der Waals surface area contributed by atoms with Crippen molar-refractivity contribution in [1.29, 1.82) is 0 Å². The summed E-state index contributed by atoms with van der Waals surface area (Å²) in [6.45, 7) is 3.23. The van der Waals surface area contributed by atoms with Crippen LogP contribution in [0.5, 0.6) is 5.75 Å². The smallest absolute Gasteiger partial charge is 0.252 e. The molecule has 1 aromatic carbocycles. The zero-order chi connectivity index (χ0) is 20.1. The molecule has 1 N–H and O–H groups in total. The third-order valence-electron chi connectivity index (χ3n) is 4.66. The minimum Gasteiger partial charge on any atom is -0.492 e. The predicted octanol–water partition coefficient (Wildman–Crippen LogP) is 3.31. The molecule has 152 valence electrons. The number of hydrogen-bond donors (Lipinski definition) is 1. The minimum atomic E-state index is -3.52. The van der Waals surface area contributed by atoms with Gasteiger partial charge in [0.15, 0.2) is 0 Å². The summed E-state index contributed by atoms with van der Waals surface area (Å²) in [4.78, 5) is 12.5. The number of nitrogens with one attached hydrogen (secondary N) is 1. The average molecular weight is 443 g/mol. The summed E-state index contributed by atoms with van der Waals surface area (Å²) in [7, 11) is -3.52. The number of halogens is 1. The van der Waals surface area contributed by atoms with Crippen molar-refractivity contribution in [3.63, 3.8) is 0 Å². The molecule has 1 aliphatic heterocycles. The molecule has 0 radical (unpaired) electrons. The lowest BCUT2D eigenvalue weighted by atomic mass is 9.99. The molecule has 0 unspecified atom stereocenters. The Kier molecular flexibility index (Phi) is 6.98. The highest BCUT2D eigenvalue weighted by Gasteiger charge is 2.33. The quantitative estimate of drug-likeness (QED) is 0.667. The van der Waals surface area contributed by atoms with E-state index in [1.54, 1.807) is 23.6 Å². The maximum absolute atomic E-state index is 12.7. The molecule has 1 fully saturated rings. The summed E-state index contributed by atoms with van der Waals surface area (Å²) in [5, 5.41) is 5.21. The van der Waals surface area contributed by atoms with E-state index in [0.717, 1.165) is 5.56 Å². The second-order valence-corrected chi connectivity index (χ2v) is 10.2. The van der Waals surface area contributed by atoms with Gasteiger partial charge >= 0.3 is 0 Å². The SMILES string of the molecule is Cc1ccc(OCCNC(=O)[C@@H]2CCCN(S(=O)(=O)c3cccs3)C2)cc1Cl. The summed E-state index contributed by atoms with van der Waals surface area (Å²) in [6, 6.07) is 8.76. The van der Waals surface area contributed by atoms with Crippen LogP contribution in [0.2, 0.25) is 5.02 Å². The zero-order valence-electron chi connectivity index (χ0n) is 15.6. The molecule has 2 aromatic rings. The Morgan fingerprint density at radius 2 is 2.21 bits per heavy atom. The fourth-order valence-corrected chi connectivity index (χ4v) is 5.90. The summed E-state index contributed by atoms with van der Waals surface area (Å²) < 4.78 is 32.7. The number of piperidine rings is 1. The topological polar surface area (TPSA) is 75.7 Å². The molecule has 1 saturated heterocycles. The molecule has 0 aliphatic carbocycles. The third-order valence-corrected chi connectivity index (χ3v) is 8.30. The van der Waals surface area contributed by atoms with Gasteiger partial charge in [-0.3, -0.25) is 4.79 Å². The second-order valence-electron chi connectivity index (χ2n) is 6.68. The number of sulfonamides is 1. The van der Waals surface area contributed by atoms with E-state index >= 15 is 0 Å². The van der Waals surface area contributed by atoms with Crippen molar-refractivity contribution in [3.05, 3.63) is 46.3 Å². The minimum absolute atomic E-state index is 0.142. The van der Waals surface area contributed by atoms with Gasteiger partial charge in [-0.05, 0) is 48.9 Å². The Labute approximate surface area is 174 Å². The molecule has 0 saturated carbocycles. The number of carbonyl (C=O) groups is 1. The van der Waals surface area contributed by atoms with E-state index in [0.29, 0.717) is 47.5 Å². The maximum Gasteiger partial charge on any atom is 0.252 e. The Hall–Kier alpha value is -1.61. The number of amides is 1. The van der Waals surface area contributed by atoms with Crippen molar-refractivity contribution in [1.82, 2.24) is 9.62 Å². The Morgan fingerprint density at radius 3 is 2.93 bits per heavy atom. The average Bonchev–Trinajstić information content (AvgIpc) is 3.23. The zero-order valence-corrected chi connectivity index (χ0v) is 17.9. The van der Waals surface area contributed by atoms with Crippen molar-refractivity contribution in [2.24, 2.45) is 5.92 Å². The number of hydrogen-bond acceptors (Lipinski definition) is 5. The van der Waals surface area contributed by atoms with Gasteiger partial charge in [-0.25, -0.2) is 8.42 Å². The van der Waals surface area contributed by atoms with Crippen LogP contribution in [-0.4, -0.2) is 44.9 Å². The van der Waals surface area contributed by atoms with E-state index in [9.17, 15) is 13.2 Å².